The number of carbonyl (C=O) groups is 2. The number of aliphatic carboxylic acids is 1. The van der Waals surface area contributed by atoms with Crippen LogP contribution in [0.5, 0.6) is 0 Å². The summed E-state index contributed by atoms with van der Waals surface area (Å²) in [7, 11) is 0. The Bertz CT molecular complexity index is 491. The third kappa shape index (κ3) is 3.35. The highest BCUT2D eigenvalue weighted by atomic mass is 32.1. The van der Waals surface area contributed by atoms with E-state index in [4.69, 9.17) is 5.11 Å². The molecular weight excluding hydrogens is 262 g/mol. The highest BCUT2D eigenvalue weighted by Crippen LogP contribution is 2.31. The summed E-state index contributed by atoms with van der Waals surface area (Å²) < 4.78 is 0. The number of carbonyl (C=O) groups excluding carboxylic acids is 1. The maximum Gasteiger partial charge on any atom is 0.305 e. The van der Waals surface area contributed by atoms with Crippen LogP contribution in [-0.2, 0) is 11.2 Å². The third-order valence-electron chi connectivity index (χ3n) is 3.43. The zero-order valence-electron chi connectivity index (χ0n) is 11.3. The molecule has 0 aliphatic heterocycles. The molecule has 1 heterocycles. The molecule has 0 radical (unpaired) electrons. The molecule has 0 bridgehead atoms. The number of carboxylic acids is 1. The molecular formula is C14H19NO3S. The first kappa shape index (κ1) is 14.1. The monoisotopic (exact) mass is 281 g/mol. The van der Waals surface area contributed by atoms with Crippen molar-refractivity contribution in [2.45, 2.75) is 45.6 Å². The number of amides is 1. The summed E-state index contributed by atoms with van der Waals surface area (Å²) >= 11 is 1.52. The molecule has 1 saturated carbocycles. The van der Waals surface area contributed by atoms with E-state index in [1.54, 1.807) is 4.90 Å². The van der Waals surface area contributed by atoms with Gasteiger partial charge in [-0.15, -0.1) is 11.3 Å². The van der Waals surface area contributed by atoms with Gasteiger partial charge in [-0.05, 0) is 37.8 Å². The van der Waals surface area contributed by atoms with Crippen LogP contribution in [0.4, 0.5) is 0 Å². The summed E-state index contributed by atoms with van der Waals surface area (Å²) in [6, 6.07) is 2.21. The molecule has 1 N–H and O–H groups in total. The largest absolute Gasteiger partial charge is 0.481 e. The van der Waals surface area contributed by atoms with Crippen molar-refractivity contribution in [1.29, 1.82) is 0 Å². The van der Waals surface area contributed by atoms with Crippen LogP contribution in [0.3, 0.4) is 0 Å². The van der Waals surface area contributed by atoms with E-state index < -0.39 is 5.97 Å². The molecule has 5 heteroatoms. The molecule has 19 heavy (non-hydrogen) atoms. The second-order valence-corrected chi connectivity index (χ2v) is 6.18. The van der Waals surface area contributed by atoms with Crippen LogP contribution in [-0.4, -0.2) is 34.5 Å². The van der Waals surface area contributed by atoms with Gasteiger partial charge >= 0.3 is 5.97 Å². The average molecular weight is 281 g/mol. The molecule has 104 valence electrons. The predicted molar refractivity (Wildman–Crippen MR) is 74.7 cm³/mol. The minimum Gasteiger partial charge on any atom is -0.481 e. The van der Waals surface area contributed by atoms with Crippen LogP contribution in [0.15, 0.2) is 6.07 Å². The van der Waals surface area contributed by atoms with Crippen LogP contribution < -0.4 is 0 Å². The van der Waals surface area contributed by atoms with Crippen LogP contribution in [0.25, 0.3) is 0 Å². The Morgan fingerprint density at radius 3 is 2.63 bits per heavy atom. The quantitative estimate of drug-likeness (QED) is 0.872. The van der Waals surface area contributed by atoms with Crippen molar-refractivity contribution < 1.29 is 14.7 Å². The Kier molecular flexibility index (Phi) is 4.24. The van der Waals surface area contributed by atoms with E-state index in [2.05, 4.69) is 6.92 Å². The first-order chi connectivity index (χ1) is 9.02. The van der Waals surface area contributed by atoms with Crippen molar-refractivity contribution in [3.63, 3.8) is 0 Å². The number of carboxylic acid groups (broad SMARTS) is 1. The van der Waals surface area contributed by atoms with E-state index in [-0.39, 0.29) is 18.4 Å². The zero-order valence-corrected chi connectivity index (χ0v) is 12.1. The second kappa shape index (κ2) is 5.74. The fraction of sp³-hybridized carbons (Fsp3) is 0.571. The van der Waals surface area contributed by atoms with Crippen molar-refractivity contribution >= 4 is 23.2 Å². The predicted octanol–water partition coefficient (Wildman–Crippen LogP) is 2.70. The van der Waals surface area contributed by atoms with Gasteiger partial charge in [-0.3, -0.25) is 9.59 Å². The van der Waals surface area contributed by atoms with E-state index in [0.717, 1.165) is 24.1 Å². The summed E-state index contributed by atoms with van der Waals surface area (Å²) in [5.74, 6) is -0.855. The number of nitrogens with zero attached hydrogens (tertiary/aromatic N) is 1. The van der Waals surface area contributed by atoms with Crippen LogP contribution in [0, 0.1) is 6.92 Å². The zero-order chi connectivity index (χ0) is 14.0. The Labute approximate surface area is 117 Å². The van der Waals surface area contributed by atoms with Gasteiger partial charge in [-0.25, -0.2) is 0 Å². The highest BCUT2D eigenvalue weighted by Gasteiger charge is 2.33. The van der Waals surface area contributed by atoms with Gasteiger partial charge in [0.05, 0.1) is 11.3 Å². The van der Waals surface area contributed by atoms with Crippen LogP contribution >= 0.6 is 11.3 Å². The Hall–Kier alpha value is -1.36. The van der Waals surface area contributed by atoms with Gasteiger partial charge in [0.2, 0.25) is 0 Å². The summed E-state index contributed by atoms with van der Waals surface area (Å²) in [5, 5.41) is 8.77. The van der Waals surface area contributed by atoms with Crippen LogP contribution in [0.2, 0.25) is 0 Å². The van der Waals surface area contributed by atoms with Gasteiger partial charge in [0.15, 0.2) is 0 Å². The van der Waals surface area contributed by atoms with Gasteiger partial charge < -0.3 is 10.0 Å². The molecule has 0 saturated heterocycles. The molecule has 0 unspecified atom stereocenters. The molecule has 1 aromatic heterocycles. The van der Waals surface area contributed by atoms with Crippen molar-refractivity contribution in [2.24, 2.45) is 0 Å². The lowest BCUT2D eigenvalue weighted by atomic mass is 10.2. The SMILES string of the molecule is CCc1cc(C(=O)N(CCC(=O)O)C2CC2)sc1C. The van der Waals surface area contributed by atoms with Crippen LogP contribution in [0.1, 0.15) is 46.3 Å². The van der Waals surface area contributed by atoms with Crippen molar-refractivity contribution in [3.05, 3.63) is 21.4 Å². The van der Waals surface area contributed by atoms with E-state index in [1.165, 1.54) is 21.8 Å². The number of hydrogen-bond acceptors (Lipinski definition) is 3. The molecule has 1 fully saturated rings. The van der Waals surface area contributed by atoms with E-state index in [1.807, 2.05) is 13.0 Å². The third-order valence-corrected chi connectivity index (χ3v) is 4.51. The smallest absolute Gasteiger partial charge is 0.305 e. The molecule has 1 aliphatic carbocycles. The molecule has 2 rings (SSSR count). The van der Waals surface area contributed by atoms with Crippen molar-refractivity contribution in [1.82, 2.24) is 4.90 Å². The molecule has 1 aromatic rings. The standard InChI is InChI=1S/C14H19NO3S/c1-3-10-8-12(19-9(10)2)14(18)15(11-4-5-11)7-6-13(16)17/h8,11H,3-7H2,1-2H3,(H,16,17). The summed E-state index contributed by atoms with van der Waals surface area (Å²) in [6.07, 6.45) is 2.94. The maximum absolute atomic E-state index is 12.5. The van der Waals surface area contributed by atoms with E-state index in [0.29, 0.717) is 6.54 Å². The van der Waals surface area contributed by atoms with Gasteiger partial charge in [-0.1, -0.05) is 6.92 Å². The maximum atomic E-state index is 12.5. The minimum atomic E-state index is -0.852. The molecule has 0 atom stereocenters. The van der Waals surface area contributed by atoms with Crippen molar-refractivity contribution in [2.75, 3.05) is 6.54 Å². The lowest BCUT2D eigenvalue weighted by Crippen LogP contribution is -2.34. The van der Waals surface area contributed by atoms with E-state index in [9.17, 15) is 9.59 Å². The second-order valence-electron chi connectivity index (χ2n) is 4.92. The van der Waals surface area contributed by atoms with E-state index >= 15 is 0 Å². The number of rotatable bonds is 6. The lowest BCUT2D eigenvalue weighted by Gasteiger charge is -2.20. The fourth-order valence-electron chi connectivity index (χ4n) is 2.17. The van der Waals surface area contributed by atoms with Gasteiger partial charge in [0.25, 0.3) is 5.91 Å². The molecule has 1 amide bonds. The summed E-state index contributed by atoms with van der Waals surface area (Å²) in [4.78, 5) is 26.8. The first-order valence-electron chi connectivity index (χ1n) is 6.65. The Morgan fingerprint density at radius 1 is 1.47 bits per heavy atom. The first-order valence-corrected chi connectivity index (χ1v) is 7.46. The lowest BCUT2D eigenvalue weighted by molar-refractivity contribution is -0.137. The van der Waals surface area contributed by atoms with Gasteiger partial charge in [0.1, 0.15) is 0 Å². The number of thiophene rings is 1. The molecule has 4 nitrogen and oxygen atoms in total. The van der Waals surface area contributed by atoms with Gasteiger partial charge in [0, 0.05) is 17.5 Å². The number of hydrogen-bond donors (Lipinski definition) is 1. The van der Waals surface area contributed by atoms with Crippen molar-refractivity contribution in [3.8, 4) is 0 Å². The summed E-state index contributed by atoms with van der Waals surface area (Å²) in [6.45, 7) is 4.42. The molecule has 0 aromatic carbocycles. The molecule has 0 spiro atoms. The Morgan fingerprint density at radius 2 is 2.16 bits per heavy atom. The molecule has 1 aliphatic rings. The Balaban J connectivity index is 2.11. The number of aryl methyl sites for hydroxylation is 2. The highest BCUT2D eigenvalue weighted by molar-refractivity contribution is 7.14. The average Bonchev–Trinajstić information content (AvgIpc) is 3.11. The fourth-order valence-corrected chi connectivity index (χ4v) is 3.24. The summed E-state index contributed by atoms with van der Waals surface area (Å²) in [5.41, 5.74) is 1.21. The topological polar surface area (TPSA) is 57.6 Å². The minimum absolute atomic E-state index is 0.00319. The van der Waals surface area contributed by atoms with Gasteiger partial charge in [-0.2, -0.15) is 0 Å². The normalized spacial score (nSPS) is 14.4.